The van der Waals surface area contributed by atoms with E-state index in [1.54, 1.807) is 24.3 Å². The second-order valence-corrected chi connectivity index (χ2v) is 7.44. The van der Waals surface area contributed by atoms with Crippen LogP contribution < -0.4 is 19.5 Å². The fourth-order valence-electron chi connectivity index (χ4n) is 3.16. The SMILES string of the molecule is COc1ccccc1NC(=O)COc1ccc(C(=O)OC(C)C(=O)c2ccc(F)c(F)c2)cc1OC. The number of anilines is 1. The van der Waals surface area contributed by atoms with Gasteiger partial charge in [-0.1, -0.05) is 12.1 Å². The molecular formula is C26H23F2NO7. The van der Waals surface area contributed by atoms with E-state index in [1.807, 2.05) is 0 Å². The lowest BCUT2D eigenvalue weighted by Gasteiger charge is -2.15. The molecule has 0 fully saturated rings. The Kier molecular flexibility index (Phi) is 8.56. The molecule has 0 aliphatic heterocycles. The lowest BCUT2D eigenvalue weighted by atomic mass is 10.1. The maximum atomic E-state index is 13.4. The van der Waals surface area contributed by atoms with Gasteiger partial charge in [0, 0.05) is 5.56 Å². The van der Waals surface area contributed by atoms with E-state index >= 15 is 0 Å². The van der Waals surface area contributed by atoms with E-state index in [4.69, 9.17) is 18.9 Å². The van der Waals surface area contributed by atoms with Gasteiger partial charge in [0.1, 0.15) is 5.75 Å². The Labute approximate surface area is 205 Å². The molecule has 0 aromatic heterocycles. The normalized spacial score (nSPS) is 11.2. The first-order chi connectivity index (χ1) is 17.2. The van der Waals surface area contributed by atoms with Crippen LogP contribution in [-0.4, -0.2) is 44.6 Å². The van der Waals surface area contributed by atoms with Crippen LogP contribution in [-0.2, 0) is 9.53 Å². The number of ketones is 1. The van der Waals surface area contributed by atoms with Crippen molar-refractivity contribution in [1.82, 2.24) is 0 Å². The van der Waals surface area contributed by atoms with Crippen molar-refractivity contribution >= 4 is 23.3 Å². The van der Waals surface area contributed by atoms with Crippen molar-refractivity contribution in [2.75, 3.05) is 26.1 Å². The fourth-order valence-corrected chi connectivity index (χ4v) is 3.16. The molecule has 0 radical (unpaired) electrons. The Bertz CT molecular complexity index is 1280. The maximum absolute atomic E-state index is 13.4. The number of methoxy groups -OCH3 is 2. The number of esters is 1. The third kappa shape index (κ3) is 6.35. The van der Waals surface area contributed by atoms with Crippen LogP contribution in [0.5, 0.6) is 17.2 Å². The summed E-state index contributed by atoms with van der Waals surface area (Å²) in [6.45, 7) is 0.967. The van der Waals surface area contributed by atoms with Crippen LogP contribution in [0, 0.1) is 11.6 Å². The van der Waals surface area contributed by atoms with E-state index in [9.17, 15) is 23.2 Å². The van der Waals surface area contributed by atoms with Crippen LogP contribution in [0.25, 0.3) is 0 Å². The summed E-state index contributed by atoms with van der Waals surface area (Å²) in [6.07, 6.45) is -1.26. The number of rotatable bonds is 10. The molecule has 1 unspecified atom stereocenters. The minimum Gasteiger partial charge on any atom is -0.495 e. The predicted molar refractivity (Wildman–Crippen MR) is 126 cm³/mol. The van der Waals surface area contributed by atoms with Gasteiger partial charge in [-0.3, -0.25) is 9.59 Å². The average Bonchev–Trinajstić information content (AvgIpc) is 2.88. The molecule has 1 N–H and O–H groups in total. The summed E-state index contributed by atoms with van der Waals surface area (Å²) in [5.74, 6) is -3.45. The van der Waals surface area contributed by atoms with Gasteiger partial charge in [-0.15, -0.1) is 0 Å². The maximum Gasteiger partial charge on any atom is 0.338 e. The lowest BCUT2D eigenvalue weighted by Crippen LogP contribution is -2.24. The van der Waals surface area contributed by atoms with Crippen molar-refractivity contribution in [3.63, 3.8) is 0 Å². The van der Waals surface area contributed by atoms with Gasteiger partial charge in [0.25, 0.3) is 5.91 Å². The third-order valence-electron chi connectivity index (χ3n) is 5.00. The number of ether oxygens (including phenoxy) is 4. The van der Waals surface area contributed by atoms with Crippen LogP contribution in [0.15, 0.2) is 60.7 Å². The third-order valence-corrected chi connectivity index (χ3v) is 5.00. The number of halogens is 2. The second kappa shape index (κ2) is 11.8. The quantitative estimate of drug-likeness (QED) is 0.325. The molecule has 0 saturated heterocycles. The topological polar surface area (TPSA) is 100 Å². The number of carbonyl (C=O) groups excluding carboxylic acids is 3. The molecule has 0 saturated carbocycles. The zero-order valence-electron chi connectivity index (χ0n) is 19.7. The van der Waals surface area contributed by atoms with Gasteiger partial charge in [-0.2, -0.15) is 0 Å². The highest BCUT2D eigenvalue weighted by Gasteiger charge is 2.22. The zero-order valence-corrected chi connectivity index (χ0v) is 19.7. The van der Waals surface area contributed by atoms with Crippen molar-refractivity contribution in [1.29, 1.82) is 0 Å². The van der Waals surface area contributed by atoms with Gasteiger partial charge in [0.2, 0.25) is 5.78 Å². The molecule has 0 heterocycles. The summed E-state index contributed by atoms with van der Waals surface area (Å²) in [6, 6.07) is 13.6. The number of Topliss-reactive ketones (excluding diaryl/α,β-unsaturated/α-hetero) is 1. The predicted octanol–water partition coefficient (Wildman–Crippen LogP) is 4.43. The Morgan fingerprint density at radius 3 is 2.22 bits per heavy atom. The Balaban J connectivity index is 1.62. The molecule has 188 valence electrons. The number of para-hydroxylation sites is 2. The highest BCUT2D eigenvalue weighted by molar-refractivity contribution is 6.01. The van der Waals surface area contributed by atoms with Crippen molar-refractivity contribution in [3.8, 4) is 17.2 Å². The van der Waals surface area contributed by atoms with Crippen molar-refractivity contribution < 1.29 is 42.1 Å². The molecule has 0 aliphatic rings. The summed E-state index contributed by atoms with van der Waals surface area (Å²) in [4.78, 5) is 37.2. The van der Waals surface area contributed by atoms with Gasteiger partial charge in [0.05, 0.1) is 25.5 Å². The van der Waals surface area contributed by atoms with E-state index in [-0.39, 0.29) is 29.2 Å². The number of hydrogen-bond donors (Lipinski definition) is 1. The summed E-state index contributed by atoms with van der Waals surface area (Å²) >= 11 is 0. The van der Waals surface area contributed by atoms with E-state index in [0.717, 1.165) is 18.2 Å². The molecule has 1 atom stereocenters. The molecule has 3 aromatic carbocycles. The summed E-state index contributed by atoms with van der Waals surface area (Å²) < 4.78 is 47.6. The number of nitrogens with one attached hydrogen (secondary N) is 1. The van der Waals surface area contributed by atoms with Crippen LogP contribution in [0.2, 0.25) is 0 Å². The molecule has 0 spiro atoms. The first-order valence-corrected chi connectivity index (χ1v) is 10.7. The van der Waals surface area contributed by atoms with Crippen molar-refractivity contribution in [2.24, 2.45) is 0 Å². The molecule has 3 aromatic rings. The fraction of sp³-hybridized carbons (Fsp3) is 0.192. The monoisotopic (exact) mass is 499 g/mol. The van der Waals surface area contributed by atoms with Gasteiger partial charge < -0.3 is 24.3 Å². The van der Waals surface area contributed by atoms with E-state index in [0.29, 0.717) is 11.4 Å². The van der Waals surface area contributed by atoms with Crippen LogP contribution in [0.4, 0.5) is 14.5 Å². The van der Waals surface area contributed by atoms with Crippen molar-refractivity contribution in [3.05, 3.63) is 83.4 Å². The van der Waals surface area contributed by atoms with E-state index < -0.39 is 35.4 Å². The lowest BCUT2D eigenvalue weighted by molar-refractivity contribution is -0.118. The average molecular weight is 499 g/mol. The molecule has 10 heteroatoms. The van der Waals surface area contributed by atoms with Crippen LogP contribution >= 0.6 is 0 Å². The van der Waals surface area contributed by atoms with E-state index in [1.165, 1.54) is 39.3 Å². The number of carbonyl (C=O) groups is 3. The molecule has 3 rings (SSSR count). The number of hydrogen-bond acceptors (Lipinski definition) is 7. The first kappa shape index (κ1) is 26.1. The number of benzene rings is 3. The molecule has 0 bridgehead atoms. The zero-order chi connectivity index (χ0) is 26.2. The Hall–Kier alpha value is -4.47. The van der Waals surface area contributed by atoms with Gasteiger partial charge in [0.15, 0.2) is 35.8 Å². The molecular weight excluding hydrogens is 476 g/mol. The highest BCUT2D eigenvalue weighted by Crippen LogP contribution is 2.29. The summed E-state index contributed by atoms with van der Waals surface area (Å²) in [7, 11) is 2.83. The van der Waals surface area contributed by atoms with E-state index in [2.05, 4.69) is 5.32 Å². The van der Waals surface area contributed by atoms with Crippen LogP contribution in [0.3, 0.4) is 0 Å². The Morgan fingerprint density at radius 2 is 1.53 bits per heavy atom. The van der Waals surface area contributed by atoms with Gasteiger partial charge >= 0.3 is 5.97 Å². The largest absolute Gasteiger partial charge is 0.495 e. The second-order valence-electron chi connectivity index (χ2n) is 7.44. The van der Waals surface area contributed by atoms with Crippen molar-refractivity contribution in [2.45, 2.75) is 13.0 Å². The van der Waals surface area contributed by atoms with Gasteiger partial charge in [-0.25, -0.2) is 13.6 Å². The molecule has 1 amide bonds. The molecule has 36 heavy (non-hydrogen) atoms. The minimum absolute atomic E-state index is 0.0441. The highest BCUT2D eigenvalue weighted by atomic mass is 19.2. The summed E-state index contributed by atoms with van der Waals surface area (Å²) in [5.41, 5.74) is 0.384. The molecule has 0 aliphatic carbocycles. The summed E-state index contributed by atoms with van der Waals surface area (Å²) in [5, 5.41) is 2.67. The standard InChI is InChI=1S/C26H23F2NO7/c1-15(25(31)16-8-10-18(27)19(28)12-16)36-26(32)17-9-11-22(23(13-17)34-3)35-14-24(30)29-20-6-4-5-7-21(20)33-2/h4-13,15H,14H2,1-3H3,(H,29,30). The van der Waals surface area contributed by atoms with Crippen LogP contribution in [0.1, 0.15) is 27.6 Å². The van der Waals surface area contributed by atoms with Gasteiger partial charge in [-0.05, 0) is 55.5 Å². The minimum atomic E-state index is -1.26. The Morgan fingerprint density at radius 1 is 0.833 bits per heavy atom. The first-order valence-electron chi connectivity index (χ1n) is 10.7. The number of amides is 1. The molecule has 8 nitrogen and oxygen atoms in total. The smallest absolute Gasteiger partial charge is 0.338 e.